The number of carbonyl (C=O) groups excluding carboxylic acids is 2. The van der Waals surface area contributed by atoms with E-state index in [1.807, 2.05) is 30.3 Å². The third-order valence-corrected chi connectivity index (χ3v) is 6.66. The van der Waals surface area contributed by atoms with Crippen molar-refractivity contribution in [2.75, 3.05) is 29.6 Å². The van der Waals surface area contributed by atoms with Crippen molar-refractivity contribution >= 4 is 35.0 Å². The fourth-order valence-corrected chi connectivity index (χ4v) is 4.74. The minimum Gasteiger partial charge on any atom is -0.383 e. The van der Waals surface area contributed by atoms with Crippen LogP contribution in [0.25, 0.3) is 0 Å². The number of likely N-dealkylation sites (N-methyl/N-ethyl adjacent to an activating group) is 1. The van der Waals surface area contributed by atoms with E-state index < -0.39 is 17.8 Å². The van der Waals surface area contributed by atoms with Gasteiger partial charge < -0.3 is 15.5 Å². The molecule has 0 unspecified atom stereocenters. The van der Waals surface area contributed by atoms with Crippen molar-refractivity contribution in [2.24, 2.45) is 0 Å². The van der Waals surface area contributed by atoms with Crippen LogP contribution in [0.15, 0.2) is 53.7 Å². The number of unbranched alkanes of at least 4 members (excludes halogenated alkanes) is 1. The number of nitrogens with one attached hydrogen (secondary N) is 2. The van der Waals surface area contributed by atoms with E-state index in [4.69, 9.17) is 0 Å². The van der Waals surface area contributed by atoms with Gasteiger partial charge in [-0.05, 0) is 18.1 Å². The van der Waals surface area contributed by atoms with E-state index in [1.54, 1.807) is 17.8 Å². The second kappa shape index (κ2) is 10.7. The van der Waals surface area contributed by atoms with Gasteiger partial charge in [-0.1, -0.05) is 43.7 Å². The molecule has 0 bridgehead atoms. The van der Waals surface area contributed by atoms with Gasteiger partial charge in [-0.2, -0.15) is 0 Å². The minimum absolute atomic E-state index is 0.00778. The highest BCUT2D eigenvalue weighted by Gasteiger charge is 2.31. The molecule has 34 heavy (non-hydrogen) atoms. The van der Waals surface area contributed by atoms with Gasteiger partial charge in [-0.3, -0.25) is 9.59 Å². The monoisotopic (exact) mass is 482 g/mol. The number of hydrogen-bond donors (Lipinski definition) is 2. The van der Waals surface area contributed by atoms with Gasteiger partial charge in [-0.15, -0.1) is 16.9 Å². The Morgan fingerprint density at radius 2 is 2.06 bits per heavy atom. The van der Waals surface area contributed by atoms with E-state index in [1.165, 1.54) is 29.1 Å². The molecular formula is C24H27FN6O2S. The molecule has 0 spiro atoms. The van der Waals surface area contributed by atoms with E-state index in [2.05, 4.69) is 27.6 Å². The predicted molar refractivity (Wildman–Crippen MR) is 131 cm³/mol. The number of nitrogens with zero attached hydrogens (tertiary/aromatic N) is 4. The van der Waals surface area contributed by atoms with Gasteiger partial charge in [0.15, 0.2) is 0 Å². The highest BCUT2D eigenvalue weighted by Crippen LogP contribution is 2.37. The van der Waals surface area contributed by atoms with E-state index >= 15 is 0 Å². The van der Waals surface area contributed by atoms with Gasteiger partial charge in [0.2, 0.25) is 11.7 Å². The van der Waals surface area contributed by atoms with Crippen LogP contribution >= 0.6 is 11.8 Å². The molecule has 0 fully saturated rings. The highest BCUT2D eigenvalue weighted by atomic mass is 32.2. The van der Waals surface area contributed by atoms with E-state index in [0.717, 1.165) is 23.3 Å². The number of hydrogen-bond acceptors (Lipinski definition) is 6. The number of benzene rings is 2. The van der Waals surface area contributed by atoms with Crippen molar-refractivity contribution in [3.05, 3.63) is 66.0 Å². The Balaban J connectivity index is 1.44. The molecule has 3 aromatic rings. The Morgan fingerprint density at radius 3 is 2.82 bits per heavy atom. The van der Waals surface area contributed by atoms with Crippen LogP contribution in [0.4, 0.5) is 15.8 Å². The molecule has 10 heteroatoms. The number of fused-ring (bicyclic) bond motifs is 1. The van der Waals surface area contributed by atoms with Crippen LogP contribution in [0.2, 0.25) is 0 Å². The van der Waals surface area contributed by atoms with Crippen LogP contribution in [0.3, 0.4) is 0 Å². The van der Waals surface area contributed by atoms with Gasteiger partial charge in [0.25, 0.3) is 5.91 Å². The maximum absolute atomic E-state index is 14.6. The first-order valence-corrected chi connectivity index (χ1v) is 12.2. The summed E-state index contributed by atoms with van der Waals surface area (Å²) in [7, 11) is 1.59. The van der Waals surface area contributed by atoms with Crippen molar-refractivity contribution < 1.29 is 14.0 Å². The summed E-state index contributed by atoms with van der Waals surface area (Å²) in [6, 6.07) is 12.0. The number of halogens is 1. The summed E-state index contributed by atoms with van der Waals surface area (Å²) < 4.78 is 16.2. The lowest BCUT2D eigenvalue weighted by atomic mass is 10.2. The summed E-state index contributed by atoms with van der Waals surface area (Å²) in [6.45, 7) is 3.23. The van der Waals surface area contributed by atoms with Crippen LogP contribution in [0, 0.1) is 5.82 Å². The highest BCUT2D eigenvalue weighted by molar-refractivity contribution is 7.99. The average Bonchev–Trinajstić information content (AvgIpc) is 3.27. The van der Waals surface area contributed by atoms with Gasteiger partial charge in [0, 0.05) is 30.3 Å². The number of anilines is 2. The Morgan fingerprint density at radius 1 is 1.26 bits per heavy atom. The first-order valence-electron chi connectivity index (χ1n) is 11.2. The molecule has 1 atom stereocenters. The molecule has 0 aliphatic carbocycles. The van der Waals surface area contributed by atoms with E-state index in [9.17, 15) is 14.0 Å². The fourth-order valence-electron chi connectivity index (χ4n) is 3.62. The molecule has 2 heterocycles. The Bertz CT molecular complexity index is 1170. The number of carbonyl (C=O) groups is 2. The van der Waals surface area contributed by atoms with Crippen LogP contribution in [-0.2, 0) is 11.3 Å². The molecule has 2 N–H and O–H groups in total. The van der Waals surface area contributed by atoms with Gasteiger partial charge in [0.05, 0.1) is 17.9 Å². The number of aromatic nitrogens is 3. The third kappa shape index (κ3) is 5.39. The smallest absolute Gasteiger partial charge is 0.291 e. The maximum Gasteiger partial charge on any atom is 0.291 e. The van der Waals surface area contributed by atoms with E-state index in [0.29, 0.717) is 30.2 Å². The predicted octanol–water partition coefficient (Wildman–Crippen LogP) is 3.54. The molecule has 2 aromatic carbocycles. The minimum atomic E-state index is -0.796. The standard InChI is InChI=1S/C24H27FN6O2S/c1-3-4-10-26-18-12-21-20(11-17(18)25)30(2)24(33)19(14-34-21)28-23(32)22-27-15-31(29-22)13-16-8-6-5-7-9-16/h5-9,11-12,15,19,26H,3-4,10,13-14H2,1-2H3,(H,28,32)/t19-/m0/s1. The summed E-state index contributed by atoms with van der Waals surface area (Å²) in [5, 5.41) is 10.1. The molecule has 0 saturated carbocycles. The Kier molecular flexibility index (Phi) is 7.46. The summed E-state index contributed by atoms with van der Waals surface area (Å²) >= 11 is 1.40. The number of rotatable bonds is 8. The SMILES string of the molecule is CCCCNc1cc2c(cc1F)N(C)C(=O)[C@@H](NC(=O)c1ncn(Cc3ccccc3)n1)CS2. The summed E-state index contributed by atoms with van der Waals surface area (Å²) in [5.74, 6) is -0.961. The van der Waals surface area contributed by atoms with Crippen molar-refractivity contribution in [1.29, 1.82) is 0 Å². The summed E-state index contributed by atoms with van der Waals surface area (Å²) in [6.07, 6.45) is 3.43. The second-order valence-corrected chi connectivity index (χ2v) is 9.13. The third-order valence-electron chi connectivity index (χ3n) is 5.52. The molecule has 2 amide bonds. The Labute approximate surface area is 201 Å². The molecular weight excluding hydrogens is 455 g/mol. The largest absolute Gasteiger partial charge is 0.383 e. The molecule has 0 saturated heterocycles. The van der Waals surface area contributed by atoms with Crippen LogP contribution in [0.5, 0.6) is 0 Å². The quantitative estimate of drug-likeness (QED) is 0.477. The molecule has 1 aliphatic heterocycles. The van der Waals surface area contributed by atoms with Crippen LogP contribution < -0.4 is 15.5 Å². The first kappa shape index (κ1) is 23.7. The van der Waals surface area contributed by atoms with Crippen molar-refractivity contribution in [2.45, 2.75) is 37.2 Å². The molecule has 1 aromatic heterocycles. The molecule has 1 aliphatic rings. The zero-order valence-corrected chi connectivity index (χ0v) is 19.9. The average molecular weight is 483 g/mol. The van der Waals surface area contributed by atoms with Gasteiger partial charge in [-0.25, -0.2) is 14.1 Å². The van der Waals surface area contributed by atoms with Crippen LogP contribution in [0.1, 0.15) is 35.9 Å². The fraction of sp³-hybridized carbons (Fsp3) is 0.333. The number of amides is 2. The number of thioether (sulfide) groups is 1. The molecule has 8 nitrogen and oxygen atoms in total. The zero-order chi connectivity index (χ0) is 24.1. The second-order valence-electron chi connectivity index (χ2n) is 8.07. The maximum atomic E-state index is 14.6. The lowest BCUT2D eigenvalue weighted by Gasteiger charge is -2.21. The summed E-state index contributed by atoms with van der Waals surface area (Å²) in [4.78, 5) is 32.1. The van der Waals surface area contributed by atoms with Gasteiger partial charge >= 0.3 is 0 Å². The molecule has 0 radical (unpaired) electrons. The van der Waals surface area contributed by atoms with Gasteiger partial charge in [0.1, 0.15) is 18.2 Å². The summed E-state index contributed by atoms with van der Waals surface area (Å²) in [5.41, 5.74) is 1.93. The molecule has 178 valence electrons. The van der Waals surface area contributed by atoms with Crippen molar-refractivity contribution in [3.8, 4) is 0 Å². The zero-order valence-electron chi connectivity index (χ0n) is 19.1. The first-order chi connectivity index (χ1) is 16.5. The lowest BCUT2D eigenvalue weighted by molar-refractivity contribution is -0.119. The lowest BCUT2D eigenvalue weighted by Crippen LogP contribution is -2.48. The van der Waals surface area contributed by atoms with E-state index in [-0.39, 0.29) is 11.7 Å². The topological polar surface area (TPSA) is 92.2 Å². The van der Waals surface area contributed by atoms with Crippen molar-refractivity contribution in [1.82, 2.24) is 20.1 Å². The Hall–Kier alpha value is -3.40. The normalized spacial score (nSPS) is 15.6. The van der Waals surface area contributed by atoms with Crippen molar-refractivity contribution in [3.63, 3.8) is 0 Å². The molecule has 4 rings (SSSR count). The van der Waals surface area contributed by atoms with Crippen LogP contribution in [-0.4, -0.2) is 52.0 Å².